The summed E-state index contributed by atoms with van der Waals surface area (Å²) in [6.07, 6.45) is 13.4. The number of hydrogen-bond acceptors (Lipinski definition) is 13. The van der Waals surface area contributed by atoms with Crippen molar-refractivity contribution >= 4 is 24.3 Å². The minimum atomic E-state index is -0.974. The molecular weight excluding hydrogens is 808 g/mol. The van der Waals surface area contributed by atoms with E-state index in [4.69, 9.17) is 25.1 Å². The normalized spacial score (nSPS) is 17.7. The largest absolute Gasteiger partial charge is 0.478 e. The molecule has 316 valence electrons. The highest BCUT2D eigenvalue weighted by Crippen LogP contribution is 2.27. The summed E-state index contributed by atoms with van der Waals surface area (Å²) in [6, 6.07) is 28.9. The zero-order valence-corrected chi connectivity index (χ0v) is 34.9. The third-order valence-electron chi connectivity index (χ3n) is 9.95. The van der Waals surface area contributed by atoms with Crippen LogP contribution in [0.1, 0.15) is 71.4 Å². The second-order valence-electron chi connectivity index (χ2n) is 14.3. The van der Waals surface area contributed by atoms with Gasteiger partial charge in [-0.05, 0) is 75.9 Å². The van der Waals surface area contributed by atoms with Gasteiger partial charge < -0.3 is 24.8 Å². The molecule has 1 amide bonds. The van der Waals surface area contributed by atoms with E-state index >= 15 is 0 Å². The second-order valence-corrected chi connectivity index (χ2v) is 14.3. The molecule has 15 nitrogen and oxygen atoms in total. The maximum Gasteiger partial charge on any atom is 0.336 e. The number of carboxylic acid groups (broad SMARTS) is 1. The second kappa shape index (κ2) is 22.9. The number of carbonyl (C=O) groups excluding carboxylic acids is 1. The number of amides is 1. The molecule has 16 heteroatoms. The van der Waals surface area contributed by atoms with Crippen LogP contribution in [0.2, 0.25) is 0 Å². The smallest absolute Gasteiger partial charge is 0.336 e. The van der Waals surface area contributed by atoms with Gasteiger partial charge in [-0.15, -0.1) is 12.4 Å². The standard InChI is InChI=1S/C23H21N5O2.C12H15N3O.C11H8N2O2.ClH/c1-16-7-8-18(30-21-13-17(14-24)9-12-25-21)15-28(16)23(29)20-6-3-2-5-19(20)22-26-10-4-11-27-22;1-9-2-3-11(8-15-9)16-12-6-10(7-13)4-5-14-12;14-11(15)9-5-2-1-4-8(9)10-12-6-3-7-13-10;/h2-6,9-13,16,18H,7-8,15H2,1H3;4-6,9,11,15H,2-3,8H2,1H3;1-7H,(H,14,15);1H/t16-,18-;9-,11-;;/m11../s1. The van der Waals surface area contributed by atoms with Gasteiger partial charge in [-0.2, -0.15) is 10.5 Å². The summed E-state index contributed by atoms with van der Waals surface area (Å²) in [6.45, 7) is 5.51. The number of carbonyl (C=O) groups is 2. The Morgan fingerprint density at radius 3 is 1.68 bits per heavy atom. The Balaban J connectivity index is 0.000000192. The Morgan fingerprint density at radius 2 is 1.16 bits per heavy atom. The highest BCUT2D eigenvalue weighted by Gasteiger charge is 2.32. The van der Waals surface area contributed by atoms with Crippen molar-refractivity contribution in [3.8, 4) is 46.7 Å². The highest BCUT2D eigenvalue weighted by molar-refractivity contribution is 6.00. The zero-order valence-electron chi connectivity index (χ0n) is 34.1. The minimum Gasteiger partial charge on any atom is -0.478 e. The molecule has 2 aliphatic rings. The predicted molar refractivity (Wildman–Crippen MR) is 232 cm³/mol. The lowest BCUT2D eigenvalue weighted by molar-refractivity contribution is 0.0373. The first-order chi connectivity index (χ1) is 29.7. The number of rotatable bonds is 8. The fraction of sp³-hybridized carbons (Fsp3) is 0.261. The van der Waals surface area contributed by atoms with E-state index in [1.165, 1.54) is 6.07 Å². The third kappa shape index (κ3) is 12.6. The molecule has 8 rings (SSSR count). The summed E-state index contributed by atoms with van der Waals surface area (Å²) in [4.78, 5) is 51.2. The van der Waals surface area contributed by atoms with Gasteiger partial charge in [0.2, 0.25) is 11.8 Å². The molecule has 0 bridgehead atoms. The quantitative estimate of drug-likeness (QED) is 0.155. The number of piperidine rings is 2. The lowest BCUT2D eigenvalue weighted by atomic mass is 9.98. The van der Waals surface area contributed by atoms with Gasteiger partial charge in [-0.1, -0.05) is 36.4 Å². The van der Waals surface area contributed by atoms with Gasteiger partial charge >= 0.3 is 5.97 Å². The minimum absolute atomic E-state index is 0. The summed E-state index contributed by atoms with van der Waals surface area (Å²) in [5, 5.41) is 30.2. The number of hydrogen-bond donors (Lipinski definition) is 2. The number of likely N-dealkylation sites (tertiary alicyclic amines) is 1. The van der Waals surface area contributed by atoms with E-state index in [2.05, 4.69) is 54.3 Å². The molecule has 6 heterocycles. The van der Waals surface area contributed by atoms with Crippen molar-refractivity contribution < 1.29 is 24.2 Å². The molecule has 2 aliphatic heterocycles. The van der Waals surface area contributed by atoms with Crippen molar-refractivity contribution in [3.63, 3.8) is 0 Å². The molecule has 62 heavy (non-hydrogen) atoms. The number of nitriles is 2. The maximum absolute atomic E-state index is 13.5. The molecule has 0 spiro atoms. The van der Waals surface area contributed by atoms with Gasteiger partial charge in [-0.25, -0.2) is 34.7 Å². The maximum atomic E-state index is 13.5. The van der Waals surface area contributed by atoms with Crippen LogP contribution in [-0.4, -0.2) is 89.2 Å². The average Bonchev–Trinajstić information content (AvgIpc) is 3.31. The zero-order chi connectivity index (χ0) is 43.0. The molecular formula is C46H45ClN10O5. The summed E-state index contributed by atoms with van der Waals surface area (Å²) in [7, 11) is 0. The van der Waals surface area contributed by atoms with Crippen molar-refractivity contribution in [1.29, 1.82) is 10.5 Å². The summed E-state index contributed by atoms with van der Waals surface area (Å²) < 4.78 is 11.7. The topological polar surface area (TPSA) is 213 Å². The number of pyridine rings is 2. The Morgan fingerprint density at radius 1 is 0.661 bits per heavy atom. The van der Waals surface area contributed by atoms with Gasteiger partial charge in [0.15, 0.2) is 11.6 Å². The number of benzene rings is 2. The van der Waals surface area contributed by atoms with E-state index < -0.39 is 5.97 Å². The number of nitrogens with zero attached hydrogens (tertiary/aromatic N) is 9. The Hall–Kier alpha value is -7.33. The van der Waals surface area contributed by atoms with Crippen LogP contribution in [0.15, 0.2) is 122 Å². The van der Waals surface area contributed by atoms with Crippen molar-refractivity contribution in [2.24, 2.45) is 0 Å². The third-order valence-corrected chi connectivity index (χ3v) is 9.95. The fourth-order valence-electron chi connectivity index (χ4n) is 6.71. The number of halogens is 1. The molecule has 2 saturated heterocycles. The Bertz CT molecular complexity index is 2480. The number of aromatic carboxylic acids is 1. The summed E-state index contributed by atoms with van der Waals surface area (Å²) in [5.74, 6) is 0.849. The van der Waals surface area contributed by atoms with Crippen molar-refractivity contribution in [2.75, 3.05) is 13.1 Å². The monoisotopic (exact) mass is 852 g/mol. The molecule has 4 atom stereocenters. The molecule has 0 saturated carbocycles. The number of aromatic nitrogens is 6. The average molecular weight is 853 g/mol. The molecule has 2 N–H and O–H groups in total. The first-order valence-electron chi connectivity index (χ1n) is 19.8. The first kappa shape index (κ1) is 45.7. The summed E-state index contributed by atoms with van der Waals surface area (Å²) in [5.41, 5.74) is 3.10. The summed E-state index contributed by atoms with van der Waals surface area (Å²) >= 11 is 0. The van der Waals surface area contributed by atoms with E-state index in [1.807, 2.05) is 36.1 Å². The van der Waals surface area contributed by atoms with E-state index in [-0.39, 0.29) is 42.1 Å². The van der Waals surface area contributed by atoms with E-state index in [0.717, 1.165) is 32.2 Å². The lowest BCUT2D eigenvalue weighted by Crippen LogP contribution is -2.49. The molecule has 0 aliphatic carbocycles. The van der Waals surface area contributed by atoms with Gasteiger partial charge in [-0.3, -0.25) is 4.79 Å². The number of carboxylic acids is 1. The van der Waals surface area contributed by atoms with Crippen molar-refractivity contribution in [2.45, 2.75) is 63.8 Å². The van der Waals surface area contributed by atoms with Crippen LogP contribution in [0.25, 0.3) is 22.8 Å². The molecule has 0 radical (unpaired) electrons. The number of ether oxygens (including phenoxy) is 2. The van der Waals surface area contributed by atoms with Crippen LogP contribution in [0, 0.1) is 22.7 Å². The fourth-order valence-corrected chi connectivity index (χ4v) is 6.71. The SMILES string of the molecule is C[C@@H]1CC[C@@H](Oc2cc(C#N)ccn2)CN1.C[C@@H]1CC[C@@H](Oc2cc(C#N)ccn2)CN1C(=O)c1ccccc1-c1ncccn1.Cl.O=C(O)c1ccccc1-c1ncccn1. The molecule has 6 aromatic rings. The van der Waals surface area contributed by atoms with E-state index in [0.29, 0.717) is 63.8 Å². The van der Waals surface area contributed by atoms with Crippen molar-refractivity contribution in [1.82, 2.24) is 40.1 Å². The lowest BCUT2D eigenvalue weighted by Gasteiger charge is -2.38. The van der Waals surface area contributed by atoms with Crippen molar-refractivity contribution in [3.05, 3.63) is 144 Å². The van der Waals surface area contributed by atoms with Crippen LogP contribution in [-0.2, 0) is 0 Å². The molecule has 2 aromatic carbocycles. The van der Waals surface area contributed by atoms with Crippen LogP contribution in [0.3, 0.4) is 0 Å². The first-order valence-corrected chi connectivity index (χ1v) is 19.8. The predicted octanol–water partition coefficient (Wildman–Crippen LogP) is 7.22. The van der Waals surface area contributed by atoms with Gasteiger partial charge in [0.05, 0.1) is 40.9 Å². The molecule has 2 fully saturated rings. The van der Waals surface area contributed by atoms with Gasteiger partial charge in [0, 0.05) is 79.1 Å². The van der Waals surface area contributed by atoms with Gasteiger partial charge in [0.25, 0.3) is 5.91 Å². The molecule has 4 aromatic heterocycles. The number of nitrogens with one attached hydrogen (secondary N) is 1. The Kier molecular flexibility index (Phi) is 16.9. The van der Waals surface area contributed by atoms with Crippen LogP contribution in [0.5, 0.6) is 11.8 Å². The van der Waals surface area contributed by atoms with Gasteiger partial charge in [0.1, 0.15) is 12.2 Å². The molecule has 0 unspecified atom stereocenters. The Labute approximate surface area is 365 Å². The van der Waals surface area contributed by atoms with Crippen LogP contribution in [0.4, 0.5) is 0 Å². The van der Waals surface area contributed by atoms with E-state index in [9.17, 15) is 9.59 Å². The highest BCUT2D eigenvalue weighted by atomic mass is 35.5. The van der Waals surface area contributed by atoms with E-state index in [1.54, 1.807) is 91.8 Å². The van der Waals surface area contributed by atoms with Crippen LogP contribution < -0.4 is 14.8 Å². The van der Waals surface area contributed by atoms with Crippen LogP contribution >= 0.6 is 12.4 Å².